The average molecular weight is 693 g/mol. The van der Waals surface area contributed by atoms with E-state index in [9.17, 15) is 34.8 Å². The number of phenols is 4. The Hall–Kier alpha value is -5.25. The summed E-state index contributed by atoms with van der Waals surface area (Å²) >= 11 is 0. The highest BCUT2D eigenvalue weighted by Gasteiger charge is 2.72. The lowest BCUT2D eigenvalue weighted by Gasteiger charge is -2.53. The third kappa shape index (κ3) is 3.85. The Bertz CT molecular complexity index is 2400. The Morgan fingerprint density at radius 1 is 0.686 bits per heavy atom. The van der Waals surface area contributed by atoms with Crippen molar-refractivity contribution in [1.29, 1.82) is 0 Å². The van der Waals surface area contributed by atoms with Crippen LogP contribution in [-0.4, -0.2) is 55.6 Å². The Balaban J connectivity index is 1.54. The minimum atomic E-state index is -2.40. The average Bonchev–Trinajstić information content (AvgIpc) is 3.04. The minimum Gasteiger partial charge on any atom is -0.507 e. The van der Waals surface area contributed by atoms with Gasteiger partial charge in [-0.2, -0.15) is 0 Å². The molecule has 2 aliphatic carbocycles. The molecular weight excluding hydrogens is 652 g/mol. The monoisotopic (exact) mass is 692 g/mol. The van der Waals surface area contributed by atoms with Crippen LogP contribution in [-0.2, 0) is 38.0 Å². The van der Waals surface area contributed by atoms with Gasteiger partial charge in [-0.25, -0.2) is 4.79 Å². The Morgan fingerprint density at radius 3 is 1.65 bits per heavy atom. The molecule has 4 aromatic carbocycles. The van der Waals surface area contributed by atoms with Crippen LogP contribution in [0.2, 0.25) is 0 Å². The van der Waals surface area contributed by atoms with E-state index in [0.29, 0.717) is 17.4 Å². The highest BCUT2D eigenvalue weighted by molar-refractivity contribution is 6.34. The number of fused-ring (bicyclic) bond motifs is 6. The van der Waals surface area contributed by atoms with Gasteiger partial charge in [0.25, 0.3) is 0 Å². The number of aryl methyl sites for hydroxylation is 1. The first-order valence-electron chi connectivity index (χ1n) is 17.1. The number of carbonyl (C=O) groups excluding carboxylic acids is 5. The lowest BCUT2D eigenvalue weighted by Crippen LogP contribution is -2.67. The molecule has 3 aliphatic rings. The van der Waals surface area contributed by atoms with Crippen LogP contribution in [0.3, 0.4) is 0 Å². The first-order valence-corrected chi connectivity index (χ1v) is 17.1. The van der Waals surface area contributed by atoms with Crippen molar-refractivity contribution in [3.8, 4) is 23.0 Å². The maximum atomic E-state index is 15.1. The first kappa shape index (κ1) is 34.2. The molecule has 7 rings (SSSR count). The number of aromatic hydroxyl groups is 4. The van der Waals surface area contributed by atoms with Crippen LogP contribution >= 0.6 is 0 Å². The molecule has 4 aromatic rings. The number of hydrogen-bond donors (Lipinski definition) is 4. The normalized spacial score (nSPS) is 25.1. The van der Waals surface area contributed by atoms with E-state index in [0.717, 1.165) is 5.56 Å². The van der Waals surface area contributed by atoms with Crippen molar-refractivity contribution in [3.63, 3.8) is 0 Å². The number of cyclic esters (lactones) is 1. The van der Waals surface area contributed by atoms with Crippen LogP contribution in [0.25, 0.3) is 21.5 Å². The zero-order valence-electron chi connectivity index (χ0n) is 30.0. The van der Waals surface area contributed by atoms with Gasteiger partial charge in [0, 0.05) is 11.8 Å². The summed E-state index contributed by atoms with van der Waals surface area (Å²) in [6.07, 6.45) is -0.0507. The van der Waals surface area contributed by atoms with Crippen LogP contribution in [0.15, 0.2) is 24.3 Å². The van der Waals surface area contributed by atoms with Gasteiger partial charge in [0.15, 0.2) is 23.1 Å². The van der Waals surface area contributed by atoms with Gasteiger partial charge < -0.3 is 25.2 Å². The van der Waals surface area contributed by atoms with Crippen molar-refractivity contribution >= 4 is 50.6 Å². The molecular formula is C41H40O10. The van der Waals surface area contributed by atoms with E-state index in [2.05, 4.69) is 0 Å². The fourth-order valence-corrected chi connectivity index (χ4v) is 9.33. The summed E-state index contributed by atoms with van der Waals surface area (Å²) < 4.78 is 5.32. The zero-order chi connectivity index (χ0) is 37.7. The van der Waals surface area contributed by atoms with Crippen LogP contribution in [0, 0.1) is 17.8 Å². The van der Waals surface area contributed by atoms with Gasteiger partial charge in [-0.05, 0) is 119 Å². The second-order valence-corrected chi connectivity index (χ2v) is 15.9. The molecule has 1 heterocycles. The number of ketones is 4. The third-order valence-electron chi connectivity index (χ3n) is 12.3. The highest BCUT2D eigenvalue weighted by atomic mass is 16.5. The molecule has 264 valence electrons. The first-order chi connectivity index (χ1) is 23.6. The molecule has 0 saturated heterocycles. The van der Waals surface area contributed by atoms with Gasteiger partial charge in [0.2, 0.25) is 0 Å². The standard InChI is InChI=1S/C41H40O10/c1-10-20-16(2)11-18-13-22-29(32(45)26(18)30(20)43)34(47)41(9,36(49)38(22,4)5)40(8)33(46)28-23(39(6,7)37(40)50)14-19-15-24(42)27-21(25(19)31(28)44)12-17(3)51-35(27)48/h11,13-15,17,42-45H,10,12H2,1-9H3/t17-,40-,41+/m0/s1. The quantitative estimate of drug-likeness (QED) is 0.133. The fraction of sp³-hybridized carbons (Fsp3) is 0.390. The van der Waals surface area contributed by atoms with Crippen LogP contribution in [0.1, 0.15) is 114 Å². The molecule has 4 N–H and O–H groups in total. The summed E-state index contributed by atoms with van der Waals surface area (Å²) in [5.41, 5.74) is -6.61. The second-order valence-electron chi connectivity index (χ2n) is 15.9. The van der Waals surface area contributed by atoms with Crippen molar-refractivity contribution < 1.29 is 49.1 Å². The Morgan fingerprint density at radius 2 is 1.16 bits per heavy atom. The lowest BCUT2D eigenvalue weighted by atomic mass is 9.44. The SMILES string of the molecule is CCc1c(C)cc2cc3c(c(O)c2c1O)C(=O)[C@@](C)([C@@]1(C)C(=O)c2c(cc4cc(O)c5c(c4c2O)C[C@H](C)OC5=O)C(C)(C)C1=O)C(=O)C3(C)C. The molecule has 3 atom stereocenters. The molecule has 0 radical (unpaired) electrons. The third-order valence-corrected chi connectivity index (χ3v) is 12.3. The van der Waals surface area contributed by atoms with Crippen molar-refractivity contribution in [3.05, 3.63) is 68.8 Å². The van der Waals surface area contributed by atoms with Gasteiger partial charge >= 0.3 is 5.97 Å². The van der Waals surface area contributed by atoms with Crippen LogP contribution in [0.5, 0.6) is 23.0 Å². The number of phenolic OH excluding ortho intramolecular Hbond substituents is 4. The number of Topliss-reactive ketones (excluding diaryl/α,β-unsaturated/α-hetero) is 4. The molecule has 0 spiro atoms. The molecule has 0 fully saturated rings. The summed E-state index contributed by atoms with van der Waals surface area (Å²) in [6, 6.07) is 6.16. The number of hydrogen-bond acceptors (Lipinski definition) is 10. The molecule has 0 unspecified atom stereocenters. The molecule has 0 saturated carbocycles. The van der Waals surface area contributed by atoms with E-state index in [1.165, 1.54) is 26.0 Å². The molecule has 10 heteroatoms. The minimum absolute atomic E-state index is 0.0269. The highest BCUT2D eigenvalue weighted by Crippen LogP contribution is 2.61. The van der Waals surface area contributed by atoms with Gasteiger partial charge in [-0.1, -0.05) is 13.0 Å². The largest absolute Gasteiger partial charge is 0.507 e. The van der Waals surface area contributed by atoms with Gasteiger partial charge in [0.1, 0.15) is 45.5 Å². The summed E-state index contributed by atoms with van der Waals surface area (Å²) in [5.74, 6) is -5.86. The van der Waals surface area contributed by atoms with E-state index in [-0.39, 0.29) is 67.5 Å². The van der Waals surface area contributed by atoms with Crippen molar-refractivity contribution in [2.75, 3.05) is 0 Å². The van der Waals surface area contributed by atoms with Crippen molar-refractivity contribution in [2.24, 2.45) is 10.8 Å². The molecule has 0 aromatic heterocycles. The molecule has 10 nitrogen and oxygen atoms in total. The molecule has 51 heavy (non-hydrogen) atoms. The van der Waals surface area contributed by atoms with Crippen molar-refractivity contribution in [2.45, 2.75) is 92.1 Å². The second kappa shape index (κ2) is 10.2. The molecule has 0 amide bonds. The molecule has 0 bridgehead atoms. The van der Waals surface area contributed by atoms with Gasteiger partial charge in [-0.15, -0.1) is 0 Å². The van der Waals surface area contributed by atoms with Crippen molar-refractivity contribution in [1.82, 2.24) is 0 Å². The summed E-state index contributed by atoms with van der Waals surface area (Å²) in [5, 5.41) is 46.9. The predicted octanol–water partition coefficient (Wildman–Crippen LogP) is 6.59. The maximum absolute atomic E-state index is 15.1. The van der Waals surface area contributed by atoms with E-state index in [4.69, 9.17) is 4.74 Å². The van der Waals surface area contributed by atoms with Gasteiger partial charge in [0.05, 0.1) is 27.3 Å². The Labute approximate surface area is 294 Å². The van der Waals surface area contributed by atoms with Gasteiger partial charge in [-0.3, -0.25) is 19.2 Å². The van der Waals surface area contributed by atoms with E-state index < -0.39 is 68.4 Å². The van der Waals surface area contributed by atoms with Crippen LogP contribution in [0.4, 0.5) is 0 Å². The zero-order valence-corrected chi connectivity index (χ0v) is 30.0. The number of ether oxygens (including phenoxy) is 1. The summed E-state index contributed by atoms with van der Waals surface area (Å²) in [4.78, 5) is 72.9. The lowest BCUT2D eigenvalue weighted by molar-refractivity contribution is -0.146. The maximum Gasteiger partial charge on any atom is 0.342 e. The van der Waals surface area contributed by atoms with E-state index in [1.807, 2.05) is 13.8 Å². The van der Waals surface area contributed by atoms with Crippen LogP contribution < -0.4 is 0 Å². The Kier molecular flexibility index (Phi) is 6.83. The number of rotatable bonds is 2. The number of benzene rings is 4. The topological polar surface area (TPSA) is 176 Å². The summed E-state index contributed by atoms with van der Waals surface area (Å²) in [7, 11) is 0. The smallest absolute Gasteiger partial charge is 0.342 e. The number of esters is 1. The van der Waals surface area contributed by atoms with E-state index in [1.54, 1.807) is 46.8 Å². The number of carbonyl (C=O) groups is 5. The molecule has 1 aliphatic heterocycles. The van der Waals surface area contributed by atoms with E-state index >= 15 is 9.59 Å². The summed E-state index contributed by atoms with van der Waals surface area (Å²) in [6.45, 7) is 14.0. The fourth-order valence-electron chi connectivity index (χ4n) is 9.33. The predicted molar refractivity (Wildman–Crippen MR) is 188 cm³/mol.